The first-order valence-electron chi connectivity index (χ1n) is 8.30. The van der Waals surface area contributed by atoms with Crippen LogP contribution >= 0.6 is 11.6 Å². The summed E-state index contributed by atoms with van der Waals surface area (Å²) in [5.41, 5.74) is -0.773. The molecule has 1 unspecified atom stereocenters. The lowest BCUT2D eigenvalue weighted by Crippen LogP contribution is -2.49. The van der Waals surface area contributed by atoms with E-state index >= 15 is 0 Å². The van der Waals surface area contributed by atoms with Crippen LogP contribution in [0.15, 0.2) is 24.3 Å². The van der Waals surface area contributed by atoms with Gasteiger partial charge in [0.15, 0.2) is 0 Å². The Bertz CT molecular complexity index is 697. The minimum absolute atomic E-state index is 0.0248. The van der Waals surface area contributed by atoms with Crippen molar-refractivity contribution in [3.63, 3.8) is 0 Å². The topological polar surface area (TPSA) is 69.7 Å². The number of carbonyl (C=O) groups is 3. The van der Waals surface area contributed by atoms with Gasteiger partial charge in [0.1, 0.15) is 12.1 Å². The van der Waals surface area contributed by atoms with Crippen molar-refractivity contribution >= 4 is 29.4 Å². The van der Waals surface area contributed by atoms with Crippen molar-refractivity contribution in [2.75, 3.05) is 6.54 Å². The highest BCUT2D eigenvalue weighted by atomic mass is 35.5. The molecule has 25 heavy (non-hydrogen) atoms. The molecule has 0 aromatic heterocycles. The average molecular weight is 366 g/mol. The fourth-order valence-corrected chi connectivity index (χ4v) is 3.60. The molecule has 6 nitrogen and oxygen atoms in total. The van der Waals surface area contributed by atoms with E-state index in [1.54, 1.807) is 36.1 Å². The van der Waals surface area contributed by atoms with Crippen LogP contribution in [-0.4, -0.2) is 46.3 Å². The van der Waals surface area contributed by atoms with Crippen molar-refractivity contribution in [2.45, 2.75) is 52.2 Å². The Morgan fingerprint density at radius 2 is 1.76 bits per heavy atom. The molecule has 1 aliphatic rings. The van der Waals surface area contributed by atoms with Gasteiger partial charge in [-0.3, -0.25) is 14.5 Å². The number of nitrogens with zero attached hydrogens (tertiary/aromatic N) is 2. The highest BCUT2D eigenvalue weighted by Gasteiger charge is 2.50. The molecule has 1 heterocycles. The van der Waals surface area contributed by atoms with Gasteiger partial charge in [-0.1, -0.05) is 29.8 Å². The van der Waals surface area contributed by atoms with Crippen LogP contribution in [0.2, 0.25) is 5.02 Å². The lowest BCUT2D eigenvalue weighted by Gasteiger charge is -2.32. The maximum absolute atomic E-state index is 12.9. The maximum Gasteiger partial charge on any atom is 0.325 e. The van der Waals surface area contributed by atoms with Gasteiger partial charge in [0, 0.05) is 22.7 Å². The molecule has 1 saturated heterocycles. The Hall–Kier alpha value is -2.08. The molecule has 0 aliphatic carbocycles. The molecule has 0 saturated carbocycles. The SMILES string of the molecule is CC(C)N(C(=O)CN1C(=O)NC(C)(c2ccccc2Cl)C1=O)C(C)C. The third-order valence-corrected chi connectivity index (χ3v) is 4.71. The molecule has 2 rings (SSSR count). The van der Waals surface area contributed by atoms with Crippen LogP contribution < -0.4 is 5.32 Å². The number of nitrogens with one attached hydrogen (secondary N) is 1. The summed E-state index contributed by atoms with van der Waals surface area (Å²) in [6.07, 6.45) is 0. The van der Waals surface area contributed by atoms with Crippen LogP contribution in [0.25, 0.3) is 0 Å². The zero-order chi connectivity index (χ0) is 18.9. The summed E-state index contributed by atoms with van der Waals surface area (Å²) in [5, 5.41) is 3.06. The molecule has 1 aliphatic heterocycles. The molecule has 136 valence electrons. The van der Waals surface area contributed by atoms with Gasteiger partial charge in [0.25, 0.3) is 5.91 Å². The number of urea groups is 1. The molecule has 1 N–H and O–H groups in total. The van der Waals surface area contributed by atoms with Crippen molar-refractivity contribution in [1.29, 1.82) is 0 Å². The quantitative estimate of drug-likeness (QED) is 0.816. The Morgan fingerprint density at radius 1 is 1.20 bits per heavy atom. The summed E-state index contributed by atoms with van der Waals surface area (Å²) in [6.45, 7) is 8.91. The normalized spacial score (nSPS) is 20.4. The summed E-state index contributed by atoms with van der Waals surface area (Å²) in [7, 11) is 0. The van der Waals surface area contributed by atoms with Crippen LogP contribution in [-0.2, 0) is 15.1 Å². The molecule has 0 radical (unpaired) electrons. The Morgan fingerprint density at radius 3 is 2.28 bits per heavy atom. The second-order valence-electron chi connectivity index (χ2n) is 6.91. The predicted octanol–water partition coefficient (Wildman–Crippen LogP) is 2.75. The zero-order valence-electron chi connectivity index (χ0n) is 15.2. The van der Waals surface area contributed by atoms with E-state index in [0.717, 1.165) is 4.90 Å². The van der Waals surface area contributed by atoms with Crippen molar-refractivity contribution in [3.8, 4) is 0 Å². The van der Waals surface area contributed by atoms with Crippen LogP contribution in [0.1, 0.15) is 40.2 Å². The molecule has 0 bridgehead atoms. The van der Waals surface area contributed by atoms with Crippen molar-refractivity contribution in [1.82, 2.24) is 15.1 Å². The standard InChI is InChI=1S/C18H24ClN3O3/c1-11(2)22(12(3)4)15(23)10-21-16(24)18(5,20-17(21)25)13-8-6-7-9-14(13)19/h6-9,11-12H,10H2,1-5H3,(H,20,25). The highest BCUT2D eigenvalue weighted by molar-refractivity contribution is 6.32. The number of halogens is 1. The first-order valence-corrected chi connectivity index (χ1v) is 8.67. The zero-order valence-corrected chi connectivity index (χ0v) is 15.9. The molecule has 1 aromatic rings. The van der Waals surface area contributed by atoms with E-state index in [4.69, 9.17) is 11.6 Å². The second kappa shape index (κ2) is 7.04. The van der Waals surface area contributed by atoms with Gasteiger partial charge in [-0.25, -0.2) is 4.79 Å². The van der Waals surface area contributed by atoms with Gasteiger partial charge in [0.05, 0.1) is 0 Å². The number of carbonyl (C=O) groups excluding carboxylic acids is 3. The van der Waals surface area contributed by atoms with E-state index in [1.165, 1.54) is 0 Å². The fraction of sp³-hybridized carbons (Fsp3) is 0.500. The number of rotatable bonds is 5. The minimum Gasteiger partial charge on any atom is -0.336 e. The monoisotopic (exact) mass is 365 g/mol. The van der Waals surface area contributed by atoms with E-state index in [-0.39, 0.29) is 24.5 Å². The number of amides is 4. The van der Waals surface area contributed by atoms with Gasteiger partial charge in [-0.15, -0.1) is 0 Å². The van der Waals surface area contributed by atoms with E-state index in [0.29, 0.717) is 10.6 Å². The predicted molar refractivity (Wildman–Crippen MR) is 96.2 cm³/mol. The first-order chi connectivity index (χ1) is 11.6. The summed E-state index contributed by atoms with van der Waals surface area (Å²) >= 11 is 6.20. The number of benzene rings is 1. The van der Waals surface area contributed by atoms with Crippen LogP contribution in [0.5, 0.6) is 0 Å². The number of hydrogen-bond acceptors (Lipinski definition) is 3. The molecular formula is C18H24ClN3O3. The van der Waals surface area contributed by atoms with Crippen LogP contribution in [0.3, 0.4) is 0 Å². The summed E-state index contributed by atoms with van der Waals surface area (Å²) in [5.74, 6) is -0.747. The molecular weight excluding hydrogens is 342 g/mol. The third kappa shape index (κ3) is 3.49. The summed E-state index contributed by atoms with van der Waals surface area (Å²) in [4.78, 5) is 40.5. The molecule has 7 heteroatoms. The molecule has 1 aromatic carbocycles. The molecule has 1 atom stereocenters. The highest BCUT2D eigenvalue weighted by Crippen LogP contribution is 2.33. The van der Waals surface area contributed by atoms with Crippen molar-refractivity contribution in [3.05, 3.63) is 34.9 Å². The first kappa shape index (κ1) is 19.2. The lowest BCUT2D eigenvalue weighted by molar-refractivity contribution is -0.141. The summed E-state index contributed by atoms with van der Waals surface area (Å²) < 4.78 is 0. The van der Waals surface area contributed by atoms with E-state index in [1.807, 2.05) is 27.7 Å². The van der Waals surface area contributed by atoms with Crippen molar-refractivity contribution in [2.24, 2.45) is 0 Å². The van der Waals surface area contributed by atoms with E-state index in [9.17, 15) is 14.4 Å². The van der Waals surface area contributed by atoms with Gasteiger partial charge < -0.3 is 10.2 Å². The van der Waals surface area contributed by atoms with Crippen molar-refractivity contribution < 1.29 is 14.4 Å². The van der Waals surface area contributed by atoms with Gasteiger partial charge >= 0.3 is 6.03 Å². The maximum atomic E-state index is 12.9. The molecule has 1 fully saturated rings. The van der Waals surface area contributed by atoms with E-state index < -0.39 is 17.5 Å². The van der Waals surface area contributed by atoms with E-state index in [2.05, 4.69) is 5.32 Å². The van der Waals surface area contributed by atoms with Crippen LogP contribution in [0, 0.1) is 0 Å². The minimum atomic E-state index is -1.28. The fourth-order valence-electron chi connectivity index (χ4n) is 3.28. The lowest BCUT2D eigenvalue weighted by atomic mass is 9.92. The largest absolute Gasteiger partial charge is 0.336 e. The molecule has 4 amide bonds. The van der Waals surface area contributed by atoms with Gasteiger partial charge in [-0.2, -0.15) is 0 Å². The Labute approximate surface area is 153 Å². The number of imide groups is 1. The van der Waals surface area contributed by atoms with Gasteiger partial charge in [-0.05, 0) is 40.7 Å². The molecule has 0 spiro atoms. The summed E-state index contributed by atoms with van der Waals surface area (Å²) in [6, 6.07) is 6.22. The Balaban J connectivity index is 2.27. The second-order valence-corrected chi connectivity index (χ2v) is 7.32. The third-order valence-electron chi connectivity index (χ3n) is 4.38. The number of hydrogen-bond donors (Lipinski definition) is 1. The Kier molecular flexibility index (Phi) is 5.42. The smallest absolute Gasteiger partial charge is 0.325 e. The van der Waals surface area contributed by atoms with Gasteiger partial charge in [0.2, 0.25) is 5.91 Å². The average Bonchev–Trinajstić information content (AvgIpc) is 2.71. The van der Waals surface area contributed by atoms with Crippen LogP contribution in [0.4, 0.5) is 4.79 Å².